The van der Waals surface area contributed by atoms with Crippen LogP contribution in [0.2, 0.25) is 0 Å². The number of ketones is 1. The van der Waals surface area contributed by atoms with Gasteiger partial charge in [0.05, 0.1) is 4.75 Å². The number of nitrogens with two attached hydrogens (primary N) is 2. The number of carbonyl (C=O) groups is 4. The first-order chi connectivity index (χ1) is 28.6. The molecule has 10 nitrogen and oxygen atoms in total. The number of rotatable bonds is 17. The largest absolute Gasteiger partial charge is 0.444 e. The Hall–Kier alpha value is -5.56. The Balaban J connectivity index is 1.59. The SMILES string of the molecule is CSCCC(N)C(=O)OC(OC(=O)C(CSC(c1ccccc1)(c1ccccc1)c1ccccc1)NC(=O)OC(C)(C)C)C(=O)c1ccc(N)cc1-c1cc(C)cc(C)c1. The van der Waals surface area contributed by atoms with Crippen molar-refractivity contribution in [3.05, 3.63) is 161 Å². The van der Waals surface area contributed by atoms with Gasteiger partial charge in [0.1, 0.15) is 17.7 Å². The summed E-state index contributed by atoms with van der Waals surface area (Å²) in [6.07, 6.45) is -0.831. The van der Waals surface area contributed by atoms with Gasteiger partial charge < -0.3 is 31.0 Å². The highest BCUT2D eigenvalue weighted by Crippen LogP contribution is 2.48. The molecule has 5 aromatic rings. The number of aryl methyl sites for hydroxylation is 2. The third-order valence-electron chi connectivity index (χ3n) is 9.42. The van der Waals surface area contributed by atoms with Crippen molar-refractivity contribution in [1.29, 1.82) is 0 Å². The molecule has 0 aromatic heterocycles. The van der Waals surface area contributed by atoms with Gasteiger partial charge in [-0.2, -0.15) is 11.8 Å². The van der Waals surface area contributed by atoms with Crippen LogP contribution < -0.4 is 16.8 Å². The lowest BCUT2D eigenvalue weighted by Gasteiger charge is -2.36. The number of alkyl carbamates (subject to hydrolysis) is 1. The molecule has 0 radical (unpaired) electrons. The van der Waals surface area contributed by atoms with E-state index < -0.39 is 52.5 Å². The minimum absolute atomic E-state index is 0.0749. The number of benzene rings is 5. The minimum Gasteiger partial charge on any atom is -0.444 e. The normalized spacial score (nSPS) is 13.1. The van der Waals surface area contributed by atoms with Crippen LogP contribution >= 0.6 is 23.5 Å². The van der Waals surface area contributed by atoms with Crippen molar-refractivity contribution < 1.29 is 33.4 Å². The number of hydrogen-bond donors (Lipinski definition) is 3. The number of carbonyl (C=O) groups excluding carboxylic acids is 4. The van der Waals surface area contributed by atoms with Crippen molar-refractivity contribution in [2.24, 2.45) is 5.73 Å². The lowest BCUT2D eigenvalue weighted by molar-refractivity contribution is -0.181. The second-order valence-electron chi connectivity index (χ2n) is 15.4. The topological polar surface area (TPSA) is 160 Å². The summed E-state index contributed by atoms with van der Waals surface area (Å²) in [5.41, 5.74) is 17.8. The number of anilines is 1. The number of hydrogen-bond acceptors (Lipinski definition) is 11. The van der Waals surface area contributed by atoms with Crippen molar-refractivity contribution in [3.8, 4) is 11.1 Å². The lowest BCUT2D eigenvalue weighted by Crippen LogP contribution is -2.49. The molecule has 0 heterocycles. The number of ether oxygens (including phenoxy) is 3. The van der Waals surface area contributed by atoms with E-state index in [1.165, 1.54) is 29.6 Å². The van der Waals surface area contributed by atoms with Crippen LogP contribution in [0.4, 0.5) is 10.5 Å². The molecule has 5 N–H and O–H groups in total. The van der Waals surface area contributed by atoms with Gasteiger partial charge in [-0.3, -0.25) is 9.59 Å². The van der Waals surface area contributed by atoms with Crippen LogP contribution in [0.3, 0.4) is 0 Å². The Morgan fingerprint density at radius 1 is 0.717 bits per heavy atom. The molecule has 0 aliphatic rings. The first-order valence-electron chi connectivity index (χ1n) is 19.6. The molecule has 3 atom stereocenters. The quantitative estimate of drug-likeness (QED) is 0.0270. The molecule has 0 fully saturated rings. The molecule has 0 aliphatic carbocycles. The number of nitrogen functional groups attached to an aromatic ring is 1. The third kappa shape index (κ3) is 11.8. The van der Waals surface area contributed by atoms with Gasteiger partial charge in [0.15, 0.2) is 0 Å². The van der Waals surface area contributed by atoms with E-state index in [1.807, 2.05) is 129 Å². The van der Waals surface area contributed by atoms with Crippen LogP contribution in [0, 0.1) is 13.8 Å². The van der Waals surface area contributed by atoms with E-state index in [2.05, 4.69) is 5.32 Å². The summed E-state index contributed by atoms with van der Waals surface area (Å²) >= 11 is 2.88. The Kier molecular flexibility index (Phi) is 15.6. The number of thioether (sulfide) groups is 2. The van der Waals surface area contributed by atoms with Crippen LogP contribution in [-0.4, -0.2) is 65.6 Å². The Morgan fingerprint density at radius 2 is 1.23 bits per heavy atom. The summed E-state index contributed by atoms with van der Waals surface area (Å²) in [4.78, 5) is 56.3. The second kappa shape index (κ2) is 20.6. The number of esters is 2. The standard InChI is InChI=1S/C48H53N3O7S2/c1-31-26-32(2)28-33(27-31)39-29-37(49)22-23-38(39)42(52)45(56-43(53)40(50)24-25-59-6)57-44(54)41(51-46(55)58-47(3,4)5)30-60-48(34-16-10-7-11-17-34,35-18-12-8-13-19-35)36-20-14-9-15-21-36/h7-23,26-29,40-41,45H,24-25,30,49-50H2,1-6H3,(H,51,55). The molecule has 60 heavy (non-hydrogen) atoms. The van der Waals surface area contributed by atoms with E-state index >= 15 is 0 Å². The number of nitrogens with one attached hydrogen (secondary N) is 1. The predicted octanol–water partition coefficient (Wildman–Crippen LogP) is 8.85. The van der Waals surface area contributed by atoms with Crippen molar-refractivity contribution in [2.45, 2.75) is 69.8 Å². The van der Waals surface area contributed by atoms with Gasteiger partial charge in [0.2, 0.25) is 5.78 Å². The van der Waals surface area contributed by atoms with E-state index in [0.29, 0.717) is 22.6 Å². The van der Waals surface area contributed by atoms with E-state index in [9.17, 15) is 19.2 Å². The maximum absolute atomic E-state index is 14.7. The Labute approximate surface area is 361 Å². The van der Waals surface area contributed by atoms with Gasteiger partial charge in [0, 0.05) is 17.0 Å². The molecule has 12 heteroatoms. The van der Waals surface area contributed by atoms with Crippen molar-refractivity contribution in [2.75, 3.05) is 23.5 Å². The van der Waals surface area contributed by atoms with Crippen LogP contribution in [0.1, 0.15) is 65.4 Å². The third-order valence-corrected chi connectivity index (χ3v) is 11.7. The van der Waals surface area contributed by atoms with Crippen LogP contribution in [-0.2, 0) is 28.5 Å². The zero-order chi connectivity index (χ0) is 43.5. The first-order valence-corrected chi connectivity index (χ1v) is 22.0. The molecule has 0 aliphatic heterocycles. The van der Waals surface area contributed by atoms with Gasteiger partial charge in [-0.15, -0.1) is 11.8 Å². The number of Topliss-reactive ketones (excluding diaryl/α,β-unsaturated/α-hetero) is 1. The fourth-order valence-corrected chi connectivity index (χ4v) is 8.78. The average molecular weight is 848 g/mol. The summed E-state index contributed by atoms with van der Waals surface area (Å²) in [5, 5.41) is 2.69. The van der Waals surface area contributed by atoms with Crippen LogP contribution in [0.25, 0.3) is 11.1 Å². The maximum atomic E-state index is 14.7. The van der Waals surface area contributed by atoms with Gasteiger partial charge in [-0.05, 0) is 99.1 Å². The predicted molar refractivity (Wildman–Crippen MR) is 242 cm³/mol. The highest BCUT2D eigenvalue weighted by atomic mass is 32.2. The molecule has 3 unspecified atom stereocenters. The average Bonchev–Trinajstić information content (AvgIpc) is 3.22. The molecule has 5 aromatic carbocycles. The fraction of sp³-hybridized carbons (Fsp3) is 0.292. The van der Waals surface area contributed by atoms with Gasteiger partial charge >= 0.3 is 24.3 Å². The van der Waals surface area contributed by atoms with Gasteiger partial charge in [-0.25, -0.2) is 9.59 Å². The molecule has 0 bridgehead atoms. The summed E-state index contributed by atoms with van der Waals surface area (Å²) in [6.45, 7) is 8.98. The molecule has 0 saturated carbocycles. The zero-order valence-corrected chi connectivity index (χ0v) is 36.4. The van der Waals surface area contributed by atoms with Gasteiger partial charge in [0.25, 0.3) is 0 Å². The van der Waals surface area contributed by atoms with Crippen molar-refractivity contribution in [1.82, 2.24) is 5.32 Å². The van der Waals surface area contributed by atoms with E-state index in [1.54, 1.807) is 32.9 Å². The lowest BCUT2D eigenvalue weighted by atomic mass is 9.84. The molecule has 314 valence electrons. The molecule has 5 rings (SSSR count). The highest BCUT2D eigenvalue weighted by Gasteiger charge is 2.41. The van der Waals surface area contributed by atoms with Gasteiger partial charge in [-0.1, -0.05) is 120 Å². The molecule has 0 spiro atoms. The molecular weight excluding hydrogens is 795 g/mol. The Bertz CT molecular complexity index is 2130. The van der Waals surface area contributed by atoms with E-state index in [-0.39, 0.29) is 17.7 Å². The van der Waals surface area contributed by atoms with Crippen LogP contribution in [0.5, 0.6) is 0 Å². The van der Waals surface area contributed by atoms with Crippen molar-refractivity contribution >= 4 is 53.0 Å². The van der Waals surface area contributed by atoms with E-state index in [4.69, 9.17) is 25.7 Å². The number of amides is 1. The first kappa shape index (κ1) is 45.5. The fourth-order valence-electron chi connectivity index (χ4n) is 6.74. The molecule has 0 saturated heterocycles. The second-order valence-corrected chi connectivity index (χ2v) is 17.6. The van der Waals surface area contributed by atoms with Crippen molar-refractivity contribution in [3.63, 3.8) is 0 Å². The Morgan fingerprint density at radius 3 is 1.73 bits per heavy atom. The summed E-state index contributed by atoms with van der Waals surface area (Å²) < 4.78 is 16.3. The van der Waals surface area contributed by atoms with Crippen LogP contribution in [0.15, 0.2) is 127 Å². The maximum Gasteiger partial charge on any atom is 0.408 e. The monoisotopic (exact) mass is 847 g/mol. The molecule has 1 amide bonds. The van der Waals surface area contributed by atoms with E-state index in [0.717, 1.165) is 27.8 Å². The minimum atomic E-state index is -2.08. The zero-order valence-electron chi connectivity index (χ0n) is 34.8. The highest BCUT2D eigenvalue weighted by molar-refractivity contribution is 8.00. The summed E-state index contributed by atoms with van der Waals surface area (Å²) in [6, 6.07) is 37.5. The summed E-state index contributed by atoms with van der Waals surface area (Å²) in [5.74, 6) is -2.31. The summed E-state index contributed by atoms with van der Waals surface area (Å²) in [7, 11) is 0. The molecular formula is C48H53N3O7S2. The smallest absolute Gasteiger partial charge is 0.408 e.